The molecule has 0 amide bonds. The van der Waals surface area contributed by atoms with Crippen molar-refractivity contribution in [2.24, 2.45) is 0 Å². The molecule has 1 heterocycles. The van der Waals surface area contributed by atoms with Crippen LogP contribution >= 0.6 is 38.9 Å². The fourth-order valence-electron chi connectivity index (χ4n) is 1.91. The molecule has 0 bridgehead atoms. The Hall–Kier alpha value is -0.310. The van der Waals surface area contributed by atoms with E-state index in [1.807, 2.05) is 0 Å². The lowest BCUT2D eigenvalue weighted by atomic mass is 10.1. The highest BCUT2D eigenvalue weighted by molar-refractivity contribution is 9.10. The summed E-state index contributed by atoms with van der Waals surface area (Å²) in [6.07, 6.45) is 0. The Balaban J connectivity index is 2.46. The first-order valence-electron chi connectivity index (χ1n) is 5.46. The van der Waals surface area contributed by atoms with Crippen molar-refractivity contribution in [2.75, 3.05) is 0 Å². The molecule has 0 fully saturated rings. The van der Waals surface area contributed by atoms with Crippen molar-refractivity contribution >= 4 is 38.9 Å². The first-order valence-corrected chi connectivity index (χ1v) is 7.50. The molecule has 0 saturated carbocycles. The molecule has 0 radical (unpaired) electrons. The smallest absolute Gasteiger partial charge is 0.0941 e. The third-order valence-electron chi connectivity index (χ3n) is 2.73. The lowest BCUT2D eigenvalue weighted by Crippen LogP contribution is -1.94. The molecule has 3 heteroatoms. The molecule has 1 aromatic carbocycles. The molecule has 2 aromatic rings. The lowest BCUT2D eigenvalue weighted by Gasteiger charge is -2.12. The Morgan fingerprint density at radius 2 is 1.88 bits per heavy atom. The summed E-state index contributed by atoms with van der Waals surface area (Å²) in [5.74, 6) is 0. The van der Waals surface area contributed by atoms with Crippen molar-refractivity contribution in [1.82, 2.24) is 0 Å². The molecule has 0 nitrogen and oxygen atoms in total. The molecule has 0 N–H and O–H groups in total. The molecule has 0 spiro atoms. The summed E-state index contributed by atoms with van der Waals surface area (Å²) in [6, 6.07) is 8.49. The standard InChI is InChI=1S/C14H14BrClS/c1-8-4-5-12(15)11(6-8)13(16)14-9(2)7-10(3)17-14/h4-7,13H,1-3H3. The van der Waals surface area contributed by atoms with Crippen LogP contribution in [0.25, 0.3) is 0 Å². The SMILES string of the molecule is Cc1ccc(Br)c(C(Cl)c2sc(C)cc2C)c1. The van der Waals surface area contributed by atoms with Crippen LogP contribution in [0.15, 0.2) is 28.7 Å². The molecule has 1 atom stereocenters. The van der Waals surface area contributed by atoms with Crippen LogP contribution in [0.2, 0.25) is 0 Å². The Morgan fingerprint density at radius 3 is 2.47 bits per heavy atom. The summed E-state index contributed by atoms with van der Waals surface area (Å²) in [5.41, 5.74) is 3.66. The van der Waals surface area contributed by atoms with Gasteiger partial charge in [-0.15, -0.1) is 22.9 Å². The Bertz CT molecular complexity index is 545. The van der Waals surface area contributed by atoms with Crippen LogP contribution in [0.1, 0.15) is 31.8 Å². The number of hydrogen-bond donors (Lipinski definition) is 0. The van der Waals surface area contributed by atoms with Gasteiger partial charge in [-0.3, -0.25) is 0 Å². The zero-order valence-corrected chi connectivity index (χ0v) is 13.2. The van der Waals surface area contributed by atoms with Crippen molar-refractivity contribution in [1.29, 1.82) is 0 Å². The zero-order chi connectivity index (χ0) is 12.6. The molecular weight excluding hydrogens is 316 g/mol. The topological polar surface area (TPSA) is 0 Å². The van der Waals surface area contributed by atoms with Crippen LogP contribution in [-0.2, 0) is 0 Å². The molecule has 2 rings (SSSR count). The number of hydrogen-bond acceptors (Lipinski definition) is 1. The van der Waals surface area contributed by atoms with E-state index in [1.54, 1.807) is 11.3 Å². The normalized spacial score (nSPS) is 12.8. The second kappa shape index (κ2) is 5.13. The minimum Gasteiger partial charge on any atom is -0.143 e. The van der Waals surface area contributed by atoms with Crippen molar-refractivity contribution < 1.29 is 0 Å². The minimum atomic E-state index is -0.0667. The third-order valence-corrected chi connectivity index (χ3v) is 5.26. The Kier molecular flexibility index (Phi) is 3.96. The van der Waals surface area contributed by atoms with Crippen LogP contribution in [0, 0.1) is 20.8 Å². The molecule has 1 unspecified atom stereocenters. The van der Waals surface area contributed by atoms with Gasteiger partial charge in [-0.25, -0.2) is 0 Å². The number of thiophene rings is 1. The minimum absolute atomic E-state index is 0.0667. The highest BCUT2D eigenvalue weighted by Crippen LogP contribution is 2.39. The van der Waals surface area contributed by atoms with Gasteiger partial charge in [0.1, 0.15) is 0 Å². The Labute approximate surface area is 120 Å². The first kappa shape index (κ1) is 13.1. The number of halogens is 2. The van der Waals surface area contributed by atoms with Crippen molar-refractivity contribution in [2.45, 2.75) is 26.1 Å². The van der Waals surface area contributed by atoms with Gasteiger partial charge in [-0.2, -0.15) is 0 Å². The van der Waals surface area contributed by atoms with E-state index in [-0.39, 0.29) is 5.38 Å². The van der Waals surface area contributed by atoms with Crippen LogP contribution in [0.4, 0.5) is 0 Å². The molecule has 90 valence electrons. The maximum atomic E-state index is 6.61. The third kappa shape index (κ3) is 2.75. The van der Waals surface area contributed by atoms with Gasteiger partial charge in [0.25, 0.3) is 0 Å². The van der Waals surface area contributed by atoms with E-state index in [9.17, 15) is 0 Å². The number of aryl methyl sites for hydroxylation is 3. The monoisotopic (exact) mass is 328 g/mol. The fourth-order valence-corrected chi connectivity index (χ4v) is 4.04. The van der Waals surface area contributed by atoms with Gasteiger partial charge in [0, 0.05) is 14.2 Å². The van der Waals surface area contributed by atoms with E-state index < -0.39 is 0 Å². The van der Waals surface area contributed by atoms with Gasteiger partial charge in [0.2, 0.25) is 0 Å². The van der Waals surface area contributed by atoms with E-state index >= 15 is 0 Å². The fraction of sp³-hybridized carbons (Fsp3) is 0.286. The highest BCUT2D eigenvalue weighted by atomic mass is 79.9. The van der Waals surface area contributed by atoms with Crippen molar-refractivity contribution in [3.05, 3.63) is 55.2 Å². The summed E-state index contributed by atoms with van der Waals surface area (Å²) < 4.78 is 1.08. The van der Waals surface area contributed by atoms with Crippen LogP contribution in [-0.4, -0.2) is 0 Å². The summed E-state index contributed by atoms with van der Waals surface area (Å²) in [7, 11) is 0. The van der Waals surface area contributed by atoms with Gasteiger partial charge in [-0.1, -0.05) is 33.6 Å². The average molecular weight is 330 g/mol. The molecule has 0 aliphatic rings. The second-order valence-corrected chi connectivity index (χ2v) is 6.87. The van der Waals surface area contributed by atoms with Crippen LogP contribution < -0.4 is 0 Å². The quantitative estimate of drug-likeness (QED) is 0.614. The van der Waals surface area contributed by atoms with Gasteiger partial charge >= 0.3 is 0 Å². The molecule has 1 aromatic heterocycles. The Morgan fingerprint density at radius 1 is 1.18 bits per heavy atom. The van der Waals surface area contributed by atoms with E-state index in [2.05, 4.69) is 61.0 Å². The van der Waals surface area contributed by atoms with Crippen molar-refractivity contribution in [3.63, 3.8) is 0 Å². The molecule has 17 heavy (non-hydrogen) atoms. The second-order valence-electron chi connectivity index (χ2n) is 4.29. The predicted octanol–water partition coefficient (Wildman–Crippen LogP) is 5.76. The number of rotatable bonds is 2. The summed E-state index contributed by atoms with van der Waals surface area (Å²) in [6.45, 7) is 6.33. The molecule has 0 aliphatic carbocycles. The van der Waals surface area contributed by atoms with Gasteiger partial charge in [0.05, 0.1) is 5.38 Å². The largest absolute Gasteiger partial charge is 0.143 e. The molecular formula is C14H14BrClS. The summed E-state index contributed by atoms with van der Waals surface area (Å²) >= 11 is 12.0. The van der Waals surface area contributed by atoms with Gasteiger partial charge in [-0.05, 0) is 44.0 Å². The number of alkyl halides is 1. The first-order chi connectivity index (χ1) is 7.99. The average Bonchev–Trinajstić information content (AvgIpc) is 2.60. The van der Waals surface area contributed by atoms with Gasteiger partial charge in [0.15, 0.2) is 0 Å². The maximum absolute atomic E-state index is 6.61. The predicted molar refractivity (Wildman–Crippen MR) is 80.4 cm³/mol. The van der Waals surface area contributed by atoms with Crippen molar-refractivity contribution in [3.8, 4) is 0 Å². The highest BCUT2D eigenvalue weighted by Gasteiger charge is 2.18. The summed E-state index contributed by atoms with van der Waals surface area (Å²) in [4.78, 5) is 2.56. The van der Waals surface area contributed by atoms with Gasteiger partial charge < -0.3 is 0 Å². The molecule has 0 aliphatic heterocycles. The van der Waals surface area contributed by atoms with E-state index in [1.165, 1.54) is 20.9 Å². The van der Waals surface area contributed by atoms with Crippen LogP contribution in [0.5, 0.6) is 0 Å². The maximum Gasteiger partial charge on any atom is 0.0941 e. The lowest BCUT2D eigenvalue weighted by molar-refractivity contribution is 1.14. The zero-order valence-electron chi connectivity index (χ0n) is 10.1. The van der Waals surface area contributed by atoms with E-state index in [4.69, 9.17) is 11.6 Å². The summed E-state index contributed by atoms with van der Waals surface area (Å²) in [5, 5.41) is -0.0667. The van der Waals surface area contributed by atoms with Crippen LogP contribution in [0.3, 0.4) is 0 Å². The molecule has 0 saturated heterocycles. The van der Waals surface area contributed by atoms with E-state index in [0.29, 0.717) is 0 Å². The number of benzene rings is 1. The van der Waals surface area contributed by atoms with E-state index in [0.717, 1.165) is 10.0 Å².